The number of aromatic hydroxyl groups is 1. The number of hydrogen-bond donors (Lipinski definition) is 1. The van der Waals surface area contributed by atoms with Gasteiger partial charge in [-0.25, -0.2) is 4.98 Å². The largest absolute Gasteiger partial charge is 0.507 e. The van der Waals surface area contributed by atoms with E-state index in [2.05, 4.69) is 9.98 Å². The molecule has 0 unspecified atom stereocenters. The summed E-state index contributed by atoms with van der Waals surface area (Å²) in [5.41, 5.74) is 2.73. The van der Waals surface area contributed by atoms with E-state index in [4.69, 9.17) is 27.6 Å². The number of rotatable bonds is 4. The van der Waals surface area contributed by atoms with Crippen LogP contribution in [0.25, 0.3) is 33.3 Å². The van der Waals surface area contributed by atoms with Gasteiger partial charge in [-0.05, 0) is 53.2 Å². The van der Waals surface area contributed by atoms with Crippen molar-refractivity contribution in [3.8, 4) is 17.2 Å². The van der Waals surface area contributed by atoms with E-state index in [-0.39, 0.29) is 11.4 Å². The molecule has 0 aliphatic carbocycles. The molecule has 162 valence electrons. The molecule has 4 aromatic carbocycles. The Morgan fingerprint density at radius 3 is 2.73 bits per heavy atom. The maximum absolute atomic E-state index is 11.0. The van der Waals surface area contributed by atoms with Crippen molar-refractivity contribution in [1.82, 2.24) is 4.98 Å². The van der Waals surface area contributed by atoms with Crippen molar-refractivity contribution < 1.29 is 14.4 Å². The standard InChI is InChI=1S/C24H13Cl2N3O4/c25-19-3-1-2-17(23(19)26)24-28-20-11-14(5-9-22(20)33-24)27-12-18-16-7-6-15(29(31)32)10-13(16)4-8-21(18)30/h1-12,30H. The molecular formula is C24H13Cl2N3O4. The topological polar surface area (TPSA) is 102 Å². The van der Waals surface area contributed by atoms with Crippen molar-refractivity contribution in [1.29, 1.82) is 0 Å². The summed E-state index contributed by atoms with van der Waals surface area (Å²) < 4.78 is 5.81. The molecule has 0 spiro atoms. The average molecular weight is 478 g/mol. The molecule has 33 heavy (non-hydrogen) atoms. The Morgan fingerprint density at radius 1 is 1.06 bits per heavy atom. The molecule has 9 heteroatoms. The van der Waals surface area contributed by atoms with Gasteiger partial charge in [-0.3, -0.25) is 15.1 Å². The Kier molecular flexibility index (Phi) is 5.20. The van der Waals surface area contributed by atoms with E-state index < -0.39 is 4.92 Å². The fourth-order valence-corrected chi connectivity index (χ4v) is 3.88. The number of benzene rings is 4. The van der Waals surface area contributed by atoms with Crippen molar-refractivity contribution in [2.45, 2.75) is 0 Å². The lowest BCUT2D eigenvalue weighted by atomic mass is 10.0. The van der Waals surface area contributed by atoms with E-state index in [0.29, 0.717) is 54.6 Å². The monoisotopic (exact) mass is 477 g/mol. The SMILES string of the molecule is O=[N+]([O-])c1ccc2c(C=Nc3ccc4oc(-c5cccc(Cl)c5Cl)nc4c3)c(O)ccc2c1. The Morgan fingerprint density at radius 2 is 1.91 bits per heavy atom. The normalized spacial score (nSPS) is 11.6. The molecule has 0 atom stereocenters. The second-order valence-corrected chi connectivity index (χ2v) is 7.98. The summed E-state index contributed by atoms with van der Waals surface area (Å²) in [6.07, 6.45) is 1.51. The van der Waals surface area contributed by atoms with Gasteiger partial charge < -0.3 is 9.52 Å². The molecule has 1 aromatic heterocycles. The first-order chi connectivity index (χ1) is 15.9. The fourth-order valence-electron chi connectivity index (χ4n) is 3.50. The number of aliphatic imine (C=N–C) groups is 1. The number of fused-ring (bicyclic) bond motifs is 2. The van der Waals surface area contributed by atoms with Crippen LogP contribution in [0.3, 0.4) is 0 Å². The van der Waals surface area contributed by atoms with Crippen LogP contribution in [0.5, 0.6) is 5.75 Å². The molecule has 0 radical (unpaired) electrons. The number of aromatic nitrogens is 1. The summed E-state index contributed by atoms with van der Waals surface area (Å²) in [6.45, 7) is 0. The van der Waals surface area contributed by atoms with Crippen molar-refractivity contribution >= 4 is 62.7 Å². The molecule has 1 N–H and O–H groups in total. The molecule has 0 aliphatic heterocycles. The summed E-state index contributed by atoms with van der Waals surface area (Å²) in [5.74, 6) is 0.354. The molecule has 0 saturated carbocycles. The molecule has 5 aromatic rings. The number of halogens is 2. The van der Waals surface area contributed by atoms with Crippen LogP contribution in [-0.4, -0.2) is 21.2 Å². The van der Waals surface area contributed by atoms with E-state index in [1.165, 1.54) is 24.4 Å². The van der Waals surface area contributed by atoms with Gasteiger partial charge in [0.15, 0.2) is 5.58 Å². The first-order valence-electron chi connectivity index (χ1n) is 9.70. The molecule has 0 saturated heterocycles. The predicted octanol–water partition coefficient (Wildman–Crippen LogP) is 7.32. The molecule has 7 nitrogen and oxygen atoms in total. The van der Waals surface area contributed by atoms with Crippen LogP contribution in [0.4, 0.5) is 11.4 Å². The van der Waals surface area contributed by atoms with Crippen LogP contribution in [0.2, 0.25) is 10.0 Å². The summed E-state index contributed by atoms with van der Waals surface area (Å²) in [5, 5.41) is 23.4. The van der Waals surface area contributed by atoms with Crippen LogP contribution in [0.1, 0.15) is 5.56 Å². The molecule has 5 rings (SSSR count). The highest BCUT2D eigenvalue weighted by molar-refractivity contribution is 6.43. The second-order valence-electron chi connectivity index (χ2n) is 7.19. The van der Waals surface area contributed by atoms with E-state index in [9.17, 15) is 15.2 Å². The van der Waals surface area contributed by atoms with Gasteiger partial charge in [0.05, 0.1) is 26.2 Å². The average Bonchev–Trinajstić information content (AvgIpc) is 3.23. The van der Waals surface area contributed by atoms with Crippen molar-refractivity contribution in [3.63, 3.8) is 0 Å². The van der Waals surface area contributed by atoms with Crippen LogP contribution in [0.15, 0.2) is 76.1 Å². The zero-order valence-corrected chi connectivity index (χ0v) is 18.2. The fraction of sp³-hybridized carbons (Fsp3) is 0. The summed E-state index contributed by atoms with van der Waals surface area (Å²) >= 11 is 12.4. The summed E-state index contributed by atoms with van der Waals surface area (Å²) in [7, 11) is 0. The minimum absolute atomic E-state index is 0.0144. The van der Waals surface area contributed by atoms with E-state index in [0.717, 1.165) is 0 Å². The number of phenols is 1. The zero-order valence-electron chi connectivity index (χ0n) is 16.7. The highest BCUT2D eigenvalue weighted by Gasteiger charge is 2.14. The van der Waals surface area contributed by atoms with Gasteiger partial charge in [0.2, 0.25) is 5.89 Å². The smallest absolute Gasteiger partial charge is 0.270 e. The molecule has 1 heterocycles. The van der Waals surface area contributed by atoms with Crippen LogP contribution < -0.4 is 0 Å². The predicted molar refractivity (Wildman–Crippen MR) is 129 cm³/mol. The lowest BCUT2D eigenvalue weighted by Gasteiger charge is -2.05. The molecule has 0 fully saturated rings. The molecule has 0 amide bonds. The number of nitro benzene ring substituents is 1. The molecule has 0 aliphatic rings. The third-order valence-corrected chi connectivity index (χ3v) is 5.95. The Balaban J connectivity index is 1.52. The van der Waals surface area contributed by atoms with Gasteiger partial charge >= 0.3 is 0 Å². The number of hydrogen-bond acceptors (Lipinski definition) is 6. The maximum atomic E-state index is 11.0. The minimum Gasteiger partial charge on any atom is -0.507 e. The quantitative estimate of drug-likeness (QED) is 0.166. The van der Waals surface area contributed by atoms with E-state index in [1.54, 1.807) is 48.5 Å². The lowest BCUT2D eigenvalue weighted by Crippen LogP contribution is -1.90. The third-order valence-electron chi connectivity index (χ3n) is 5.13. The van der Waals surface area contributed by atoms with E-state index >= 15 is 0 Å². The Bertz CT molecular complexity index is 1590. The van der Waals surface area contributed by atoms with Crippen LogP contribution in [-0.2, 0) is 0 Å². The van der Waals surface area contributed by atoms with E-state index in [1.807, 2.05) is 0 Å². The van der Waals surface area contributed by atoms with Crippen molar-refractivity contribution in [3.05, 3.63) is 92.5 Å². The number of oxazole rings is 1. The number of non-ortho nitro benzene ring substituents is 1. The number of phenolic OH excluding ortho intramolecular Hbond substituents is 1. The van der Waals surface area contributed by atoms with Crippen LogP contribution >= 0.6 is 23.2 Å². The minimum atomic E-state index is -0.460. The van der Waals surface area contributed by atoms with Gasteiger partial charge in [-0.1, -0.05) is 35.3 Å². The molecular weight excluding hydrogens is 465 g/mol. The van der Waals surface area contributed by atoms with Crippen molar-refractivity contribution in [2.24, 2.45) is 4.99 Å². The first kappa shape index (κ1) is 20.9. The number of nitrogens with zero attached hydrogens (tertiary/aromatic N) is 3. The summed E-state index contributed by atoms with van der Waals surface area (Å²) in [6, 6.07) is 18.0. The Hall–Kier alpha value is -3.94. The highest BCUT2D eigenvalue weighted by Crippen LogP contribution is 2.35. The first-order valence-corrected chi connectivity index (χ1v) is 10.5. The third kappa shape index (κ3) is 3.88. The van der Waals surface area contributed by atoms with Gasteiger partial charge in [0.1, 0.15) is 11.3 Å². The molecule has 0 bridgehead atoms. The maximum Gasteiger partial charge on any atom is 0.270 e. The number of nitro groups is 1. The van der Waals surface area contributed by atoms with Gasteiger partial charge in [0, 0.05) is 23.9 Å². The van der Waals surface area contributed by atoms with Crippen LogP contribution in [0, 0.1) is 10.1 Å². The Labute approximate surface area is 196 Å². The lowest BCUT2D eigenvalue weighted by molar-refractivity contribution is -0.384. The van der Waals surface area contributed by atoms with Gasteiger partial charge in [0.25, 0.3) is 5.69 Å². The highest BCUT2D eigenvalue weighted by atomic mass is 35.5. The van der Waals surface area contributed by atoms with Gasteiger partial charge in [-0.15, -0.1) is 0 Å². The second kappa shape index (κ2) is 8.20. The summed E-state index contributed by atoms with van der Waals surface area (Å²) in [4.78, 5) is 19.5. The zero-order chi connectivity index (χ0) is 23.1. The van der Waals surface area contributed by atoms with Crippen molar-refractivity contribution in [2.75, 3.05) is 0 Å². The van der Waals surface area contributed by atoms with Gasteiger partial charge in [-0.2, -0.15) is 0 Å².